The molecule has 0 amide bonds. The van der Waals surface area contributed by atoms with Crippen molar-refractivity contribution in [3.63, 3.8) is 0 Å². The van der Waals surface area contributed by atoms with Gasteiger partial charge in [0.1, 0.15) is 5.75 Å². The predicted octanol–water partition coefficient (Wildman–Crippen LogP) is 5.37. The third-order valence-corrected chi connectivity index (χ3v) is 4.16. The van der Waals surface area contributed by atoms with E-state index in [2.05, 4.69) is 42.5 Å². The number of alkyl halides is 1. The Morgan fingerprint density at radius 3 is 2.38 bits per heavy atom. The summed E-state index contributed by atoms with van der Waals surface area (Å²) in [4.78, 5) is 0. The third kappa shape index (κ3) is 3.03. The van der Waals surface area contributed by atoms with Crippen LogP contribution < -0.4 is 4.74 Å². The fourth-order valence-corrected chi connectivity index (χ4v) is 2.91. The van der Waals surface area contributed by atoms with Crippen molar-refractivity contribution in [2.24, 2.45) is 0 Å². The van der Waals surface area contributed by atoms with Crippen molar-refractivity contribution in [1.82, 2.24) is 0 Å². The molecular weight excluding hydrogens is 280 g/mol. The molecule has 0 aromatic heterocycles. The van der Waals surface area contributed by atoms with Crippen molar-refractivity contribution < 1.29 is 4.74 Å². The number of fused-ring (bicyclic) bond motifs is 1. The van der Waals surface area contributed by atoms with Crippen LogP contribution in [0.25, 0.3) is 10.8 Å². The predicted molar refractivity (Wildman–Crippen MR) is 89.2 cm³/mol. The van der Waals surface area contributed by atoms with Crippen molar-refractivity contribution in [3.8, 4) is 5.75 Å². The number of hydrogen-bond acceptors (Lipinski definition) is 1. The van der Waals surface area contributed by atoms with Crippen LogP contribution in [0.3, 0.4) is 0 Å². The summed E-state index contributed by atoms with van der Waals surface area (Å²) in [7, 11) is 1.67. The molecule has 1 nitrogen and oxygen atoms in total. The summed E-state index contributed by atoms with van der Waals surface area (Å²) in [6, 6.07) is 22.8. The van der Waals surface area contributed by atoms with Crippen molar-refractivity contribution in [3.05, 3.63) is 77.9 Å². The number of halogens is 1. The minimum atomic E-state index is -0.0401. The molecule has 21 heavy (non-hydrogen) atoms. The molecule has 0 bridgehead atoms. The number of methoxy groups -OCH3 is 1. The number of rotatable bonds is 4. The molecule has 1 atom stereocenters. The second kappa shape index (κ2) is 6.19. The second-order valence-electron chi connectivity index (χ2n) is 5.08. The Labute approximate surface area is 130 Å². The van der Waals surface area contributed by atoms with E-state index in [0.29, 0.717) is 0 Å². The molecule has 0 aliphatic carbocycles. The summed E-state index contributed by atoms with van der Waals surface area (Å²) in [6.07, 6.45) is 0.815. The van der Waals surface area contributed by atoms with Crippen LogP contribution in [-0.2, 0) is 6.42 Å². The molecule has 3 aromatic carbocycles. The minimum Gasteiger partial charge on any atom is -0.497 e. The largest absolute Gasteiger partial charge is 0.497 e. The fraction of sp³-hybridized carbons (Fsp3) is 0.158. The van der Waals surface area contributed by atoms with Gasteiger partial charge in [0.05, 0.1) is 12.5 Å². The molecule has 3 aromatic rings. The Hall–Kier alpha value is -1.99. The van der Waals surface area contributed by atoms with Gasteiger partial charge < -0.3 is 4.74 Å². The standard InChI is InChI=1S/C19H17ClO/c1-21-17-11-9-15(10-12-17)19(20)13-16-7-4-6-14-5-2-3-8-18(14)16/h2-12,19H,13H2,1H3. The smallest absolute Gasteiger partial charge is 0.118 e. The average Bonchev–Trinajstić information content (AvgIpc) is 2.55. The molecule has 0 N–H and O–H groups in total. The maximum absolute atomic E-state index is 6.60. The van der Waals surface area contributed by atoms with E-state index in [9.17, 15) is 0 Å². The summed E-state index contributed by atoms with van der Waals surface area (Å²) in [5, 5.41) is 2.49. The van der Waals surface area contributed by atoms with Crippen LogP contribution in [0.5, 0.6) is 5.75 Å². The van der Waals surface area contributed by atoms with Crippen LogP contribution in [0.15, 0.2) is 66.7 Å². The van der Waals surface area contributed by atoms with Gasteiger partial charge in [-0.15, -0.1) is 11.6 Å². The molecule has 3 rings (SSSR count). The molecule has 106 valence electrons. The maximum atomic E-state index is 6.60. The molecule has 0 heterocycles. The van der Waals surface area contributed by atoms with Gasteiger partial charge >= 0.3 is 0 Å². The SMILES string of the molecule is COc1ccc(C(Cl)Cc2cccc3ccccc23)cc1. The fourth-order valence-electron chi connectivity index (χ4n) is 2.59. The Kier molecular flexibility index (Phi) is 4.12. The zero-order chi connectivity index (χ0) is 14.7. The van der Waals surface area contributed by atoms with Crippen molar-refractivity contribution >= 4 is 22.4 Å². The van der Waals surface area contributed by atoms with Gasteiger partial charge in [0.15, 0.2) is 0 Å². The number of hydrogen-bond donors (Lipinski definition) is 0. The van der Waals surface area contributed by atoms with Crippen LogP contribution in [0.1, 0.15) is 16.5 Å². The number of ether oxygens (including phenoxy) is 1. The quantitative estimate of drug-likeness (QED) is 0.588. The van der Waals surface area contributed by atoms with Gasteiger partial charge in [-0.25, -0.2) is 0 Å². The topological polar surface area (TPSA) is 9.23 Å². The van der Waals surface area contributed by atoms with E-state index in [4.69, 9.17) is 16.3 Å². The maximum Gasteiger partial charge on any atom is 0.118 e. The van der Waals surface area contributed by atoms with E-state index in [1.165, 1.54) is 16.3 Å². The Balaban J connectivity index is 1.87. The zero-order valence-corrected chi connectivity index (χ0v) is 12.7. The lowest BCUT2D eigenvalue weighted by atomic mass is 9.98. The molecule has 0 fully saturated rings. The van der Waals surface area contributed by atoms with Crippen molar-refractivity contribution in [1.29, 1.82) is 0 Å². The van der Waals surface area contributed by atoms with E-state index >= 15 is 0 Å². The van der Waals surface area contributed by atoms with Crippen molar-refractivity contribution in [2.75, 3.05) is 7.11 Å². The lowest BCUT2D eigenvalue weighted by Crippen LogP contribution is -1.97. The van der Waals surface area contributed by atoms with Gasteiger partial charge in [0.25, 0.3) is 0 Å². The van der Waals surface area contributed by atoms with E-state index in [1.807, 2.05) is 24.3 Å². The van der Waals surface area contributed by atoms with Crippen LogP contribution >= 0.6 is 11.6 Å². The molecule has 0 aliphatic heterocycles. The van der Waals surface area contributed by atoms with Crippen LogP contribution in [0.4, 0.5) is 0 Å². The van der Waals surface area contributed by atoms with E-state index in [1.54, 1.807) is 7.11 Å². The highest BCUT2D eigenvalue weighted by Crippen LogP contribution is 2.29. The highest BCUT2D eigenvalue weighted by atomic mass is 35.5. The Morgan fingerprint density at radius 2 is 1.62 bits per heavy atom. The first kappa shape index (κ1) is 14.0. The minimum absolute atomic E-state index is 0.0401. The summed E-state index contributed by atoms with van der Waals surface area (Å²) in [5.41, 5.74) is 2.40. The lowest BCUT2D eigenvalue weighted by molar-refractivity contribution is 0.414. The molecule has 2 heteroatoms. The van der Waals surface area contributed by atoms with Crippen LogP contribution in [0.2, 0.25) is 0 Å². The van der Waals surface area contributed by atoms with Gasteiger partial charge in [-0.05, 0) is 40.5 Å². The van der Waals surface area contributed by atoms with Crippen LogP contribution in [0, 0.1) is 0 Å². The molecule has 0 radical (unpaired) electrons. The van der Waals surface area contributed by atoms with E-state index < -0.39 is 0 Å². The molecular formula is C19H17ClO. The monoisotopic (exact) mass is 296 g/mol. The van der Waals surface area contributed by atoms with Crippen LogP contribution in [-0.4, -0.2) is 7.11 Å². The van der Waals surface area contributed by atoms with Gasteiger partial charge in [0, 0.05) is 0 Å². The highest BCUT2D eigenvalue weighted by molar-refractivity contribution is 6.21. The summed E-state index contributed by atoms with van der Waals surface area (Å²) in [6.45, 7) is 0. The normalized spacial score (nSPS) is 12.3. The second-order valence-corrected chi connectivity index (χ2v) is 5.61. The average molecular weight is 297 g/mol. The Morgan fingerprint density at radius 1 is 0.905 bits per heavy atom. The summed E-state index contributed by atoms with van der Waals surface area (Å²) in [5.74, 6) is 0.854. The van der Waals surface area contributed by atoms with Crippen molar-refractivity contribution in [2.45, 2.75) is 11.8 Å². The van der Waals surface area contributed by atoms with E-state index in [0.717, 1.165) is 17.7 Å². The molecule has 0 saturated carbocycles. The molecule has 1 unspecified atom stereocenters. The third-order valence-electron chi connectivity index (χ3n) is 3.76. The first-order chi connectivity index (χ1) is 10.3. The molecule has 0 spiro atoms. The van der Waals surface area contributed by atoms with Gasteiger partial charge in [-0.2, -0.15) is 0 Å². The summed E-state index contributed by atoms with van der Waals surface area (Å²) >= 11 is 6.60. The molecule has 0 aliphatic rings. The highest BCUT2D eigenvalue weighted by Gasteiger charge is 2.11. The van der Waals surface area contributed by atoms with Gasteiger partial charge in [-0.3, -0.25) is 0 Å². The molecule has 0 saturated heterocycles. The van der Waals surface area contributed by atoms with E-state index in [-0.39, 0.29) is 5.38 Å². The number of benzene rings is 3. The summed E-state index contributed by atoms with van der Waals surface area (Å²) < 4.78 is 5.18. The zero-order valence-electron chi connectivity index (χ0n) is 11.9. The van der Waals surface area contributed by atoms with Gasteiger partial charge in [-0.1, -0.05) is 54.6 Å². The lowest BCUT2D eigenvalue weighted by Gasteiger charge is -2.12. The van der Waals surface area contributed by atoms with Gasteiger partial charge in [0.2, 0.25) is 0 Å². The first-order valence-electron chi connectivity index (χ1n) is 7.02. The first-order valence-corrected chi connectivity index (χ1v) is 7.46. The Bertz CT molecular complexity index is 729.